The molecule has 0 fully saturated rings. The molecular formula is C27H28B2F4N4. The molecule has 2 N–H and O–H groups in total. The minimum Gasteiger partial charge on any atom is -0.381 e. The summed E-state index contributed by atoms with van der Waals surface area (Å²) in [6.45, 7) is 20.9. The molecule has 4 nitrogen and oxygen atoms in total. The first-order valence-electron chi connectivity index (χ1n) is 11.8. The SMILES string of the molecule is [B]C(C)(C)C([B])(C)N1C(=C)N(CC)c2c1cc(NC(=C)c1cc(F)cc(C(F)(F)F)c1)c1c2C(=C)NC1. The fourth-order valence-electron chi connectivity index (χ4n) is 4.74. The first-order valence-corrected chi connectivity index (χ1v) is 11.8. The van der Waals surface area contributed by atoms with E-state index >= 15 is 0 Å². The van der Waals surface area contributed by atoms with Gasteiger partial charge in [0.2, 0.25) is 0 Å². The van der Waals surface area contributed by atoms with Gasteiger partial charge >= 0.3 is 6.18 Å². The van der Waals surface area contributed by atoms with E-state index < -0.39 is 28.3 Å². The van der Waals surface area contributed by atoms with Crippen molar-refractivity contribution < 1.29 is 17.6 Å². The van der Waals surface area contributed by atoms with Crippen molar-refractivity contribution in [3.8, 4) is 0 Å². The third kappa shape index (κ3) is 4.30. The smallest absolute Gasteiger partial charge is 0.381 e. The molecule has 10 heteroatoms. The molecule has 2 aliphatic rings. The second kappa shape index (κ2) is 8.64. The molecule has 0 aliphatic carbocycles. The Morgan fingerprint density at radius 2 is 1.76 bits per heavy atom. The fourth-order valence-corrected chi connectivity index (χ4v) is 4.74. The average Bonchev–Trinajstić information content (AvgIpc) is 3.28. The standard InChI is InChI=1S/C27H28B2F4N4/c1-8-36-16(4)37(26(7,29)25(5,6)28)22-12-21(20-13-34-15(3)23(20)24(22)36)35-14(2)17-9-18(27(31,32)33)11-19(30)10-17/h9-12,34-35H,2-4,8,13H2,1,5-7H3. The predicted molar refractivity (Wildman–Crippen MR) is 145 cm³/mol. The van der Waals surface area contributed by atoms with E-state index in [-0.39, 0.29) is 11.3 Å². The molecule has 4 rings (SSSR count). The summed E-state index contributed by atoms with van der Waals surface area (Å²) in [5, 5.41) is 5.51. The van der Waals surface area contributed by atoms with Crippen LogP contribution >= 0.6 is 0 Å². The number of hydrogen-bond acceptors (Lipinski definition) is 4. The molecule has 0 saturated carbocycles. The van der Waals surface area contributed by atoms with Gasteiger partial charge in [-0.3, -0.25) is 0 Å². The zero-order chi connectivity index (χ0) is 27.7. The van der Waals surface area contributed by atoms with Crippen LogP contribution in [0.5, 0.6) is 0 Å². The minimum atomic E-state index is -4.70. The van der Waals surface area contributed by atoms with Gasteiger partial charge in [-0.1, -0.05) is 45.8 Å². The van der Waals surface area contributed by atoms with Crippen LogP contribution in [0.15, 0.2) is 49.8 Å². The van der Waals surface area contributed by atoms with Gasteiger partial charge in [-0.2, -0.15) is 13.2 Å². The van der Waals surface area contributed by atoms with Gasteiger partial charge in [0, 0.05) is 52.3 Å². The van der Waals surface area contributed by atoms with Gasteiger partial charge in [-0.15, -0.1) is 0 Å². The Bertz CT molecular complexity index is 1330. The van der Waals surface area contributed by atoms with Crippen molar-refractivity contribution >= 4 is 44.1 Å². The molecule has 2 aliphatic heterocycles. The van der Waals surface area contributed by atoms with Gasteiger partial charge in [0.15, 0.2) is 0 Å². The Labute approximate surface area is 217 Å². The van der Waals surface area contributed by atoms with Crippen LogP contribution in [0.4, 0.5) is 34.6 Å². The Balaban J connectivity index is 1.87. The van der Waals surface area contributed by atoms with Crippen molar-refractivity contribution in [2.45, 2.75) is 51.2 Å². The number of halogens is 4. The molecule has 2 aromatic carbocycles. The summed E-state index contributed by atoms with van der Waals surface area (Å²) in [6, 6.07) is 4.18. The monoisotopic (exact) mass is 506 g/mol. The van der Waals surface area contributed by atoms with Crippen molar-refractivity contribution in [1.29, 1.82) is 0 Å². The van der Waals surface area contributed by atoms with Crippen molar-refractivity contribution in [2.24, 2.45) is 0 Å². The third-order valence-electron chi connectivity index (χ3n) is 7.19. The van der Waals surface area contributed by atoms with Gasteiger partial charge in [0.1, 0.15) is 19.5 Å². The highest BCUT2D eigenvalue weighted by molar-refractivity contribution is 6.28. The summed E-state index contributed by atoms with van der Waals surface area (Å²) in [6.07, 6.45) is -4.70. The summed E-state index contributed by atoms with van der Waals surface area (Å²) in [4.78, 5) is 3.90. The van der Waals surface area contributed by atoms with E-state index in [4.69, 9.17) is 15.7 Å². The van der Waals surface area contributed by atoms with E-state index in [1.54, 1.807) is 0 Å². The summed E-state index contributed by atoms with van der Waals surface area (Å²) < 4.78 is 54.0. The Hall–Kier alpha value is -3.29. The molecule has 2 aromatic rings. The molecule has 2 heterocycles. The van der Waals surface area contributed by atoms with Crippen LogP contribution in [0.1, 0.15) is 49.9 Å². The van der Waals surface area contributed by atoms with Crippen LogP contribution in [-0.4, -0.2) is 27.7 Å². The number of rotatable bonds is 6. The number of nitrogens with one attached hydrogen (secondary N) is 2. The lowest BCUT2D eigenvalue weighted by atomic mass is 9.51. The van der Waals surface area contributed by atoms with Gasteiger partial charge in [0.05, 0.1) is 24.8 Å². The summed E-state index contributed by atoms with van der Waals surface area (Å²) in [7, 11) is 13.3. The molecular weight excluding hydrogens is 478 g/mol. The Morgan fingerprint density at radius 3 is 2.32 bits per heavy atom. The molecule has 1 unspecified atom stereocenters. The van der Waals surface area contributed by atoms with E-state index in [1.165, 1.54) is 0 Å². The van der Waals surface area contributed by atoms with Gasteiger partial charge in [0.25, 0.3) is 0 Å². The average molecular weight is 506 g/mol. The molecule has 0 saturated heterocycles. The lowest BCUT2D eigenvalue weighted by Crippen LogP contribution is -2.53. The zero-order valence-electron chi connectivity index (χ0n) is 21.4. The summed E-state index contributed by atoms with van der Waals surface area (Å²) in [5.41, 5.74) is 2.44. The highest BCUT2D eigenvalue weighted by atomic mass is 19.4. The van der Waals surface area contributed by atoms with E-state index in [1.807, 2.05) is 43.6 Å². The zero-order valence-corrected chi connectivity index (χ0v) is 21.4. The van der Waals surface area contributed by atoms with Crippen molar-refractivity contribution in [1.82, 2.24) is 5.32 Å². The van der Waals surface area contributed by atoms with Crippen molar-refractivity contribution in [3.63, 3.8) is 0 Å². The number of alkyl halides is 3. The Kier molecular flexibility index (Phi) is 6.25. The highest BCUT2D eigenvalue weighted by Crippen LogP contribution is 2.55. The van der Waals surface area contributed by atoms with Gasteiger partial charge in [-0.25, -0.2) is 4.39 Å². The molecule has 4 radical (unpaired) electrons. The number of nitrogens with zero attached hydrogens (tertiary/aromatic N) is 2. The van der Waals surface area contributed by atoms with Crippen LogP contribution in [0.2, 0.25) is 5.31 Å². The molecule has 37 heavy (non-hydrogen) atoms. The van der Waals surface area contributed by atoms with Crippen molar-refractivity contribution in [3.05, 3.63) is 77.9 Å². The van der Waals surface area contributed by atoms with Gasteiger partial charge in [-0.05, 0) is 31.2 Å². The molecule has 0 amide bonds. The second-order valence-electron chi connectivity index (χ2n) is 10.2. The first-order chi connectivity index (χ1) is 17.0. The second-order valence-corrected chi connectivity index (χ2v) is 10.2. The maximum atomic E-state index is 14.1. The van der Waals surface area contributed by atoms with Crippen molar-refractivity contribution in [2.75, 3.05) is 21.7 Å². The van der Waals surface area contributed by atoms with Crippen LogP contribution < -0.4 is 20.4 Å². The summed E-state index contributed by atoms with van der Waals surface area (Å²) in [5.74, 6) is -0.369. The number of benzene rings is 2. The Morgan fingerprint density at radius 1 is 1.11 bits per heavy atom. The lowest BCUT2D eigenvalue weighted by molar-refractivity contribution is -0.137. The topological polar surface area (TPSA) is 30.5 Å². The predicted octanol–water partition coefficient (Wildman–Crippen LogP) is 6.37. The lowest BCUT2D eigenvalue weighted by Gasteiger charge is -2.49. The maximum Gasteiger partial charge on any atom is 0.416 e. The first kappa shape index (κ1) is 26.8. The molecule has 190 valence electrons. The quantitative estimate of drug-likeness (QED) is 0.352. The molecule has 0 spiro atoms. The minimum absolute atomic E-state index is 0.0189. The number of hydrogen-bond donors (Lipinski definition) is 2. The van der Waals surface area contributed by atoms with Crippen LogP contribution in [-0.2, 0) is 12.7 Å². The van der Waals surface area contributed by atoms with Crippen LogP contribution in [0.25, 0.3) is 11.4 Å². The maximum absolute atomic E-state index is 14.1. The van der Waals surface area contributed by atoms with E-state index in [0.29, 0.717) is 42.0 Å². The van der Waals surface area contributed by atoms with E-state index in [9.17, 15) is 17.6 Å². The number of fused-ring (bicyclic) bond motifs is 3. The van der Waals surface area contributed by atoms with Crippen LogP contribution in [0.3, 0.4) is 0 Å². The number of anilines is 3. The fraction of sp³-hybridized carbons (Fsp3) is 0.333. The molecule has 1 atom stereocenters. The summed E-state index contributed by atoms with van der Waals surface area (Å²) >= 11 is 0. The third-order valence-corrected chi connectivity index (χ3v) is 7.19. The van der Waals surface area contributed by atoms with Gasteiger partial charge < -0.3 is 20.4 Å². The van der Waals surface area contributed by atoms with Crippen LogP contribution in [0, 0.1) is 5.82 Å². The molecule has 0 aromatic heterocycles. The largest absolute Gasteiger partial charge is 0.416 e. The molecule has 0 bridgehead atoms. The highest BCUT2D eigenvalue weighted by Gasteiger charge is 2.46. The van der Waals surface area contributed by atoms with E-state index in [0.717, 1.165) is 28.9 Å². The van der Waals surface area contributed by atoms with E-state index in [2.05, 4.69) is 30.4 Å². The normalized spacial score (nSPS) is 16.9.